The Balaban J connectivity index is 1.82. The lowest BCUT2D eigenvalue weighted by Crippen LogP contribution is -2.41. The highest BCUT2D eigenvalue weighted by molar-refractivity contribution is 5.99. The van der Waals surface area contributed by atoms with Crippen LogP contribution in [-0.2, 0) is 16.1 Å². The summed E-state index contributed by atoms with van der Waals surface area (Å²) in [4.78, 5) is 27.0. The molecule has 1 aliphatic heterocycles. The molecule has 0 aromatic heterocycles. The number of ether oxygens (including phenoxy) is 1. The molecule has 1 amide bonds. The molecule has 3 rings (SSSR count). The maximum absolute atomic E-state index is 12.8. The molecular formula is C24H25NO3. The van der Waals surface area contributed by atoms with Gasteiger partial charge in [0.15, 0.2) is 5.78 Å². The van der Waals surface area contributed by atoms with Crippen molar-refractivity contribution in [2.75, 3.05) is 0 Å². The van der Waals surface area contributed by atoms with Crippen LogP contribution in [0.4, 0.5) is 4.79 Å². The molecule has 2 unspecified atom stereocenters. The molecule has 2 aromatic carbocycles. The van der Waals surface area contributed by atoms with Gasteiger partial charge in [-0.15, -0.1) is 6.58 Å². The third-order valence-electron chi connectivity index (χ3n) is 4.95. The van der Waals surface area contributed by atoms with Crippen molar-refractivity contribution in [2.24, 2.45) is 0 Å². The van der Waals surface area contributed by atoms with Crippen molar-refractivity contribution in [3.8, 4) is 0 Å². The second-order valence-corrected chi connectivity index (χ2v) is 7.00. The van der Waals surface area contributed by atoms with Gasteiger partial charge in [0.2, 0.25) is 0 Å². The smallest absolute Gasteiger partial charge is 0.414 e. The first-order chi connectivity index (χ1) is 13.6. The van der Waals surface area contributed by atoms with Crippen LogP contribution in [0.15, 0.2) is 85.1 Å². The van der Waals surface area contributed by atoms with E-state index in [1.165, 1.54) is 0 Å². The fraction of sp³-hybridized carbons (Fsp3) is 0.250. The number of amides is 1. The monoisotopic (exact) mass is 375 g/mol. The van der Waals surface area contributed by atoms with Crippen molar-refractivity contribution < 1.29 is 14.3 Å². The van der Waals surface area contributed by atoms with E-state index < -0.39 is 6.09 Å². The van der Waals surface area contributed by atoms with E-state index in [0.717, 1.165) is 11.1 Å². The van der Waals surface area contributed by atoms with E-state index in [1.807, 2.05) is 73.7 Å². The number of benzene rings is 2. The van der Waals surface area contributed by atoms with Gasteiger partial charge in [0.1, 0.15) is 6.61 Å². The minimum Gasteiger partial charge on any atom is -0.444 e. The Labute approximate surface area is 166 Å². The molecule has 1 heterocycles. The quantitative estimate of drug-likeness (QED) is 0.650. The number of hydrogen-bond acceptors (Lipinski definition) is 3. The highest BCUT2D eigenvalue weighted by Gasteiger charge is 2.33. The van der Waals surface area contributed by atoms with Crippen LogP contribution in [0, 0.1) is 0 Å². The highest BCUT2D eigenvalue weighted by atomic mass is 16.6. The third-order valence-corrected chi connectivity index (χ3v) is 4.95. The first-order valence-electron chi connectivity index (χ1n) is 9.50. The zero-order valence-corrected chi connectivity index (χ0v) is 16.1. The predicted molar refractivity (Wildman–Crippen MR) is 110 cm³/mol. The van der Waals surface area contributed by atoms with Crippen molar-refractivity contribution in [2.45, 2.75) is 38.3 Å². The summed E-state index contributed by atoms with van der Waals surface area (Å²) in [5.41, 5.74) is 2.59. The van der Waals surface area contributed by atoms with Crippen LogP contribution in [0.2, 0.25) is 0 Å². The molecule has 0 radical (unpaired) electrons. The second-order valence-electron chi connectivity index (χ2n) is 7.00. The van der Waals surface area contributed by atoms with Gasteiger partial charge in [-0.3, -0.25) is 9.69 Å². The van der Waals surface area contributed by atoms with Crippen LogP contribution < -0.4 is 0 Å². The Morgan fingerprint density at radius 1 is 1.18 bits per heavy atom. The standard InChI is InChI=1S/C24H25NO3/c1-3-10-21(20-13-8-5-9-14-20)22-16-25(18(2)15-23(22)26)24(27)28-17-19-11-6-4-7-12-19/h3-9,11-14,16,18,21H,1,10,15,17H2,2H3. The fourth-order valence-electron chi connectivity index (χ4n) is 3.44. The molecule has 0 spiro atoms. The Kier molecular flexibility index (Phi) is 6.43. The molecule has 0 saturated carbocycles. The molecule has 28 heavy (non-hydrogen) atoms. The van der Waals surface area contributed by atoms with Crippen molar-refractivity contribution >= 4 is 11.9 Å². The maximum atomic E-state index is 12.8. The summed E-state index contributed by atoms with van der Waals surface area (Å²) in [7, 11) is 0. The Morgan fingerprint density at radius 2 is 1.82 bits per heavy atom. The van der Waals surface area contributed by atoms with Gasteiger partial charge in [0.05, 0.1) is 0 Å². The van der Waals surface area contributed by atoms with Gasteiger partial charge in [0, 0.05) is 30.2 Å². The molecule has 1 aliphatic rings. The summed E-state index contributed by atoms with van der Waals surface area (Å²) in [5, 5.41) is 0. The van der Waals surface area contributed by atoms with E-state index >= 15 is 0 Å². The van der Waals surface area contributed by atoms with E-state index in [4.69, 9.17) is 4.74 Å². The molecule has 0 saturated heterocycles. The summed E-state index contributed by atoms with van der Waals surface area (Å²) in [6, 6.07) is 19.2. The number of Topliss-reactive ketones (excluding diaryl/α,β-unsaturated/α-hetero) is 1. The Bertz CT molecular complexity index is 858. The Hall–Kier alpha value is -3.14. The summed E-state index contributed by atoms with van der Waals surface area (Å²) in [5.74, 6) is -0.0570. The molecule has 0 fully saturated rings. The number of ketones is 1. The third kappa shape index (κ3) is 4.58. The lowest BCUT2D eigenvalue weighted by Gasteiger charge is -2.32. The lowest BCUT2D eigenvalue weighted by molar-refractivity contribution is -0.117. The average Bonchev–Trinajstić information content (AvgIpc) is 2.72. The number of carbonyl (C=O) groups is 2. The van der Waals surface area contributed by atoms with Crippen molar-refractivity contribution in [3.05, 3.63) is 96.2 Å². The van der Waals surface area contributed by atoms with Crippen molar-refractivity contribution in [3.63, 3.8) is 0 Å². The molecule has 2 atom stereocenters. The van der Waals surface area contributed by atoms with Gasteiger partial charge >= 0.3 is 6.09 Å². The molecule has 4 heteroatoms. The number of nitrogens with zero attached hydrogens (tertiary/aromatic N) is 1. The molecule has 0 N–H and O–H groups in total. The number of hydrogen-bond donors (Lipinski definition) is 0. The molecule has 4 nitrogen and oxygen atoms in total. The molecular weight excluding hydrogens is 350 g/mol. The number of rotatable bonds is 6. The predicted octanol–water partition coefficient (Wildman–Crippen LogP) is 5.23. The van der Waals surface area contributed by atoms with Crippen LogP contribution in [-0.4, -0.2) is 22.8 Å². The lowest BCUT2D eigenvalue weighted by atomic mass is 9.83. The summed E-state index contributed by atoms with van der Waals surface area (Å²) < 4.78 is 5.48. The van der Waals surface area contributed by atoms with Crippen LogP contribution in [0.1, 0.15) is 36.8 Å². The van der Waals surface area contributed by atoms with E-state index in [1.54, 1.807) is 11.1 Å². The van der Waals surface area contributed by atoms with E-state index in [0.29, 0.717) is 12.0 Å². The first kappa shape index (κ1) is 19.6. The second kappa shape index (κ2) is 9.18. The average molecular weight is 375 g/mol. The number of allylic oxidation sites excluding steroid dienone is 2. The largest absolute Gasteiger partial charge is 0.444 e. The van der Waals surface area contributed by atoms with Gasteiger partial charge in [-0.1, -0.05) is 66.7 Å². The molecule has 0 aliphatic carbocycles. The van der Waals surface area contributed by atoms with Gasteiger partial charge in [-0.25, -0.2) is 4.79 Å². The van der Waals surface area contributed by atoms with E-state index in [2.05, 4.69) is 6.58 Å². The summed E-state index contributed by atoms with van der Waals surface area (Å²) >= 11 is 0. The minimum atomic E-state index is -0.438. The highest BCUT2D eigenvalue weighted by Crippen LogP contribution is 2.33. The van der Waals surface area contributed by atoms with Crippen LogP contribution in [0.5, 0.6) is 0 Å². The van der Waals surface area contributed by atoms with Gasteiger partial charge < -0.3 is 4.74 Å². The van der Waals surface area contributed by atoms with Crippen molar-refractivity contribution in [1.82, 2.24) is 4.90 Å². The maximum Gasteiger partial charge on any atom is 0.414 e. The topological polar surface area (TPSA) is 46.6 Å². The number of carbonyl (C=O) groups excluding carboxylic acids is 2. The minimum absolute atomic E-state index is 0.0651. The normalized spacial score (nSPS) is 17.6. The molecule has 0 bridgehead atoms. The SMILES string of the molecule is C=CCC(C1=CN(C(=O)OCc2ccccc2)C(C)CC1=O)c1ccccc1. The summed E-state index contributed by atoms with van der Waals surface area (Å²) in [6.45, 7) is 5.90. The van der Waals surface area contributed by atoms with Crippen LogP contribution >= 0.6 is 0 Å². The first-order valence-corrected chi connectivity index (χ1v) is 9.50. The zero-order valence-electron chi connectivity index (χ0n) is 16.1. The zero-order chi connectivity index (χ0) is 19.9. The van der Waals surface area contributed by atoms with Gasteiger partial charge in [-0.05, 0) is 24.5 Å². The van der Waals surface area contributed by atoms with Crippen LogP contribution in [0.25, 0.3) is 0 Å². The summed E-state index contributed by atoms with van der Waals surface area (Å²) in [6.07, 6.45) is 3.95. The molecule has 2 aromatic rings. The molecule has 144 valence electrons. The Morgan fingerprint density at radius 3 is 2.46 bits per heavy atom. The van der Waals surface area contributed by atoms with Crippen molar-refractivity contribution in [1.29, 1.82) is 0 Å². The van der Waals surface area contributed by atoms with Gasteiger partial charge in [0.25, 0.3) is 0 Å². The fourth-order valence-corrected chi connectivity index (χ4v) is 3.44. The van der Waals surface area contributed by atoms with E-state index in [9.17, 15) is 9.59 Å². The van der Waals surface area contributed by atoms with E-state index in [-0.39, 0.29) is 30.8 Å². The van der Waals surface area contributed by atoms with Crippen LogP contribution in [0.3, 0.4) is 0 Å². The van der Waals surface area contributed by atoms with Gasteiger partial charge in [-0.2, -0.15) is 0 Å².